The minimum absolute atomic E-state index is 0.0801. The number of benzene rings is 1. The summed E-state index contributed by atoms with van der Waals surface area (Å²) in [5.41, 5.74) is 2.20. The van der Waals surface area contributed by atoms with Crippen molar-refractivity contribution in [3.63, 3.8) is 0 Å². The summed E-state index contributed by atoms with van der Waals surface area (Å²) in [7, 11) is 0. The molecule has 1 aliphatic carbocycles. The van der Waals surface area contributed by atoms with E-state index < -0.39 is 0 Å². The molecule has 1 aromatic heterocycles. The monoisotopic (exact) mass is 381 g/mol. The van der Waals surface area contributed by atoms with E-state index >= 15 is 0 Å². The lowest BCUT2D eigenvalue weighted by atomic mass is 10.1. The second-order valence-electron chi connectivity index (χ2n) is 6.70. The first-order valence-electron chi connectivity index (χ1n) is 9.20. The number of carbonyl (C=O) groups is 2. The third kappa shape index (κ3) is 3.74. The van der Waals surface area contributed by atoms with Gasteiger partial charge in [0, 0.05) is 19.0 Å². The predicted octanol–water partition coefficient (Wildman–Crippen LogP) is 4.15. The van der Waals surface area contributed by atoms with Crippen molar-refractivity contribution in [2.75, 3.05) is 18.4 Å². The van der Waals surface area contributed by atoms with Crippen LogP contribution in [0.5, 0.6) is 0 Å². The highest BCUT2D eigenvalue weighted by Gasteiger charge is 2.44. The van der Waals surface area contributed by atoms with Gasteiger partial charge in [0.1, 0.15) is 11.1 Å². The van der Waals surface area contributed by atoms with Gasteiger partial charge in [0.25, 0.3) is 5.91 Å². The molecule has 0 unspecified atom stereocenters. The quantitative estimate of drug-likeness (QED) is 0.817. The predicted molar refractivity (Wildman–Crippen MR) is 107 cm³/mol. The fraction of sp³-hybridized carbons (Fsp3) is 0.381. The van der Waals surface area contributed by atoms with Gasteiger partial charge >= 0.3 is 0 Å². The molecule has 3 rings (SSSR count). The molecule has 6 heteroatoms. The average molecular weight is 382 g/mol. The molecule has 0 bridgehead atoms. The van der Waals surface area contributed by atoms with Crippen molar-refractivity contribution in [3.8, 4) is 6.07 Å². The van der Waals surface area contributed by atoms with Crippen molar-refractivity contribution < 1.29 is 9.59 Å². The van der Waals surface area contributed by atoms with Crippen LogP contribution in [0.15, 0.2) is 30.3 Å². The summed E-state index contributed by atoms with van der Waals surface area (Å²) in [6, 6.07) is 12.1. The van der Waals surface area contributed by atoms with Crippen LogP contribution in [0.2, 0.25) is 0 Å². The Morgan fingerprint density at radius 1 is 1.26 bits per heavy atom. The highest BCUT2D eigenvalue weighted by molar-refractivity contribution is 7.18. The van der Waals surface area contributed by atoms with E-state index in [1.54, 1.807) is 11.8 Å². The van der Waals surface area contributed by atoms with Crippen LogP contribution in [-0.4, -0.2) is 29.8 Å². The lowest BCUT2D eigenvalue weighted by Crippen LogP contribution is -2.30. The van der Waals surface area contributed by atoms with Gasteiger partial charge in [-0.05, 0) is 44.2 Å². The Morgan fingerprint density at radius 2 is 1.93 bits per heavy atom. The first-order chi connectivity index (χ1) is 13.0. The van der Waals surface area contributed by atoms with Crippen LogP contribution in [0.1, 0.15) is 52.5 Å². The number of nitrogens with zero attached hydrogens (tertiary/aromatic N) is 2. The van der Waals surface area contributed by atoms with E-state index in [9.17, 15) is 14.9 Å². The van der Waals surface area contributed by atoms with Gasteiger partial charge in [-0.15, -0.1) is 11.3 Å². The number of hydrogen-bond donors (Lipinski definition) is 1. The van der Waals surface area contributed by atoms with Gasteiger partial charge in [-0.25, -0.2) is 0 Å². The van der Waals surface area contributed by atoms with E-state index in [1.807, 2.05) is 44.2 Å². The second-order valence-corrected chi connectivity index (χ2v) is 7.72. The number of thiophene rings is 1. The normalized spacial score (nSPS) is 17.9. The molecule has 0 spiro atoms. The minimum Gasteiger partial charge on any atom is -0.338 e. The number of nitriles is 1. The lowest BCUT2D eigenvalue weighted by Gasteiger charge is -2.17. The smallest absolute Gasteiger partial charge is 0.264 e. The molecule has 27 heavy (non-hydrogen) atoms. The Bertz CT molecular complexity index is 894. The molecule has 2 aromatic rings. The van der Waals surface area contributed by atoms with Gasteiger partial charge in [-0.3, -0.25) is 9.59 Å². The lowest BCUT2D eigenvalue weighted by molar-refractivity contribution is -0.117. The topological polar surface area (TPSA) is 73.2 Å². The van der Waals surface area contributed by atoms with Gasteiger partial charge in [-0.2, -0.15) is 5.26 Å². The van der Waals surface area contributed by atoms with Crippen LogP contribution in [0.4, 0.5) is 5.00 Å². The van der Waals surface area contributed by atoms with E-state index in [0.717, 1.165) is 12.0 Å². The summed E-state index contributed by atoms with van der Waals surface area (Å²) in [5, 5.41) is 12.9. The minimum atomic E-state index is -0.0897. The van der Waals surface area contributed by atoms with Gasteiger partial charge < -0.3 is 10.2 Å². The molecule has 5 nitrogen and oxygen atoms in total. The molecular weight excluding hydrogens is 358 g/mol. The van der Waals surface area contributed by atoms with Gasteiger partial charge in [0.05, 0.1) is 10.4 Å². The van der Waals surface area contributed by atoms with E-state index in [2.05, 4.69) is 11.4 Å². The van der Waals surface area contributed by atoms with Crippen LogP contribution >= 0.6 is 11.3 Å². The molecule has 1 heterocycles. The van der Waals surface area contributed by atoms with E-state index in [0.29, 0.717) is 34.1 Å². The highest BCUT2D eigenvalue weighted by atomic mass is 32.1. The Balaban J connectivity index is 1.78. The SMILES string of the molecule is CCN(CC)C(=O)c1sc(NC(=O)[C@@H]2C[C@@H]2c2ccccc2)c(C#N)c1C. The average Bonchev–Trinajstić information content (AvgIpc) is 3.42. The van der Waals surface area contributed by atoms with Crippen LogP contribution < -0.4 is 5.32 Å². The Morgan fingerprint density at radius 3 is 2.52 bits per heavy atom. The van der Waals surface area contributed by atoms with Crippen molar-refractivity contribution >= 4 is 28.2 Å². The third-order valence-corrected chi connectivity index (χ3v) is 6.29. The molecule has 2 amide bonds. The van der Waals surface area contributed by atoms with Crippen LogP contribution in [0.3, 0.4) is 0 Å². The van der Waals surface area contributed by atoms with Crippen molar-refractivity contribution in [2.24, 2.45) is 5.92 Å². The number of rotatable bonds is 6. The number of nitrogens with one attached hydrogen (secondary N) is 1. The van der Waals surface area contributed by atoms with E-state index in [-0.39, 0.29) is 23.7 Å². The van der Waals surface area contributed by atoms with Crippen molar-refractivity contribution in [1.29, 1.82) is 5.26 Å². The molecule has 1 N–H and O–H groups in total. The largest absolute Gasteiger partial charge is 0.338 e. The number of carbonyl (C=O) groups excluding carboxylic acids is 2. The van der Waals surface area contributed by atoms with Crippen molar-refractivity contribution in [1.82, 2.24) is 4.90 Å². The Labute approximate surface area is 163 Å². The first kappa shape index (κ1) is 19.1. The summed E-state index contributed by atoms with van der Waals surface area (Å²) in [6.07, 6.45) is 0.813. The molecule has 1 fully saturated rings. The van der Waals surface area contributed by atoms with E-state index in [4.69, 9.17) is 0 Å². The maximum atomic E-state index is 12.7. The van der Waals surface area contributed by atoms with Crippen LogP contribution in [0, 0.1) is 24.2 Å². The molecule has 0 saturated heterocycles. The van der Waals surface area contributed by atoms with Crippen LogP contribution in [0.25, 0.3) is 0 Å². The van der Waals surface area contributed by atoms with Gasteiger partial charge in [0.15, 0.2) is 0 Å². The molecule has 0 aliphatic heterocycles. The standard InChI is InChI=1S/C21H23N3O2S/c1-4-24(5-2)21(26)18-13(3)17(12-22)20(27-18)23-19(25)16-11-15(16)14-9-7-6-8-10-14/h6-10,15-16H,4-5,11H2,1-3H3,(H,23,25)/t15-,16-/m1/s1. The highest BCUT2D eigenvalue weighted by Crippen LogP contribution is 2.48. The maximum absolute atomic E-state index is 12.7. The first-order valence-corrected chi connectivity index (χ1v) is 10.0. The third-order valence-electron chi connectivity index (χ3n) is 5.10. The fourth-order valence-corrected chi connectivity index (χ4v) is 4.48. The zero-order valence-electron chi connectivity index (χ0n) is 15.8. The number of amides is 2. The summed E-state index contributed by atoms with van der Waals surface area (Å²) in [6.45, 7) is 6.84. The summed E-state index contributed by atoms with van der Waals surface area (Å²) >= 11 is 1.20. The fourth-order valence-electron chi connectivity index (χ4n) is 3.35. The van der Waals surface area contributed by atoms with Gasteiger partial charge in [-0.1, -0.05) is 30.3 Å². The summed E-state index contributed by atoms with van der Waals surface area (Å²) < 4.78 is 0. The van der Waals surface area contributed by atoms with Crippen LogP contribution in [-0.2, 0) is 4.79 Å². The molecule has 1 aliphatic rings. The molecular formula is C21H23N3O2S. The summed E-state index contributed by atoms with van der Waals surface area (Å²) in [4.78, 5) is 27.6. The molecule has 1 saturated carbocycles. The number of anilines is 1. The summed E-state index contributed by atoms with van der Waals surface area (Å²) in [5.74, 6) is -0.0191. The zero-order valence-corrected chi connectivity index (χ0v) is 16.6. The molecule has 1 aromatic carbocycles. The van der Waals surface area contributed by atoms with Crippen molar-refractivity contribution in [2.45, 2.75) is 33.1 Å². The molecule has 2 atom stereocenters. The van der Waals surface area contributed by atoms with Gasteiger partial charge in [0.2, 0.25) is 5.91 Å². The number of hydrogen-bond acceptors (Lipinski definition) is 4. The second kappa shape index (κ2) is 7.93. The Kier molecular flexibility index (Phi) is 5.62. The van der Waals surface area contributed by atoms with Crippen molar-refractivity contribution in [3.05, 3.63) is 51.9 Å². The molecule has 140 valence electrons. The van der Waals surface area contributed by atoms with E-state index in [1.165, 1.54) is 11.3 Å². The Hall–Kier alpha value is -2.65. The molecule has 0 radical (unpaired) electrons. The maximum Gasteiger partial charge on any atom is 0.264 e. The zero-order chi connectivity index (χ0) is 19.6.